The maximum atomic E-state index is 16.0. The zero-order chi connectivity index (χ0) is 73.5. The lowest BCUT2D eigenvalue weighted by Gasteiger charge is -2.47. The Labute approximate surface area is 584 Å². The van der Waals surface area contributed by atoms with E-state index in [1.807, 2.05) is 13.8 Å². The minimum absolute atomic E-state index is 0.0975. The molecule has 0 radical (unpaired) electrons. The van der Waals surface area contributed by atoms with Gasteiger partial charge in [0.25, 0.3) is 0 Å². The van der Waals surface area contributed by atoms with Crippen molar-refractivity contribution in [1.29, 1.82) is 0 Å². The van der Waals surface area contributed by atoms with Gasteiger partial charge in [0.1, 0.15) is 89.5 Å². The second kappa shape index (κ2) is 30.2. The van der Waals surface area contributed by atoms with E-state index >= 15 is 14.4 Å². The first kappa shape index (κ1) is 74.5. The summed E-state index contributed by atoms with van der Waals surface area (Å²) in [6.45, 7) is 5.66. The van der Waals surface area contributed by atoms with Gasteiger partial charge in [-0.05, 0) is 110 Å². The van der Waals surface area contributed by atoms with Crippen molar-refractivity contribution in [3.8, 4) is 57.1 Å². The van der Waals surface area contributed by atoms with Crippen molar-refractivity contribution in [2.24, 2.45) is 17.4 Å². The number of carbonyl (C=O) groups excluding carboxylic acids is 7. The monoisotopic (exact) mass is 1450 g/mol. The summed E-state index contributed by atoms with van der Waals surface area (Å²) in [5, 5.41) is 131. The van der Waals surface area contributed by atoms with Gasteiger partial charge in [-0.2, -0.15) is 0 Å². The molecule has 0 aliphatic carbocycles. The van der Waals surface area contributed by atoms with Crippen LogP contribution >= 0.6 is 23.2 Å². The molecule has 18 atom stereocenters. The molecule has 0 saturated carbocycles. The number of amides is 7. The fourth-order valence-electron chi connectivity index (χ4n) is 12.5. The quantitative estimate of drug-likeness (QED) is 0.0743. The standard InChI is InChI=1S/C66H75Cl2N9O24/c1-23(2)12-34(71-5)58(88)76-49-51(83)26-7-10-38(32(67)14-26)97-40-16-28-17-41(55(40)101-65-56(54(86)53(85)42(22-78)99-65)100-44-21-66(4,70)57(87)24(3)96-44)98-39-11-8-27(15-33(39)68)52(84)50-63(93)75-48(64(94)95)31-18-29(79)19-37(81)45(31)30-13-25(6-9-36(30)80)46(60(90)77-50)74-61(91)47(28)73-59(89)35(20-43(69)82)72-62(49)92/h6-11,13-19,23-24,34-35,42,44,46-54,56-57,65,71,78-81,83-87H,12,20-22,70H2,1-5H3,(H2,69,82)(H,72,92)(H,73,89)(H,74,91)(H,75,93)(H,76,88)(H,77,90)(H,94,95)/t24-,34+,35-,42+,44?,46+,47+,48-,49+,50-,51+,52+,53+,54-,56?,57-,65?,66-/m0/s1. The Bertz CT molecular complexity index is 4070. The largest absolute Gasteiger partial charge is 0.508 e. The summed E-state index contributed by atoms with van der Waals surface area (Å²) >= 11 is 14.1. The summed E-state index contributed by atoms with van der Waals surface area (Å²) < 4.78 is 38.3. The van der Waals surface area contributed by atoms with Gasteiger partial charge in [-0.3, -0.25) is 33.6 Å². The van der Waals surface area contributed by atoms with Gasteiger partial charge in [0.05, 0.1) is 41.3 Å². The van der Waals surface area contributed by atoms with E-state index in [0.717, 1.165) is 66.7 Å². The summed E-state index contributed by atoms with van der Waals surface area (Å²) in [4.78, 5) is 117. The Kier molecular flexibility index (Phi) is 22.2. The van der Waals surface area contributed by atoms with Crippen LogP contribution in [0.25, 0.3) is 11.1 Å². The van der Waals surface area contributed by atoms with Crippen molar-refractivity contribution >= 4 is 70.5 Å². The van der Waals surface area contributed by atoms with E-state index in [0.29, 0.717) is 0 Å². The Hall–Kier alpha value is -9.20. The van der Waals surface area contributed by atoms with Crippen LogP contribution in [0.2, 0.25) is 10.0 Å². The number of hydrogen-bond donors (Lipinski definition) is 19. The fraction of sp³-hybridized carbons (Fsp3) is 0.424. The number of likely N-dealkylation sites (N-methyl/N-ethyl adjacent to an activating group) is 1. The molecule has 2 saturated heterocycles. The lowest BCUT2D eigenvalue weighted by atomic mass is 9.86. The van der Waals surface area contributed by atoms with E-state index in [9.17, 15) is 75.0 Å². The number of rotatable bonds is 13. The molecule has 5 aromatic rings. The molecule has 0 spiro atoms. The Morgan fingerprint density at radius 1 is 0.713 bits per heavy atom. The van der Waals surface area contributed by atoms with Crippen LogP contribution in [0.3, 0.4) is 0 Å². The van der Waals surface area contributed by atoms with E-state index in [1.165, 1.54) is 33.0 Å². The van der Waals surface area contributed by atoms with Gasteiger partial charge < -0.3 is 128 Å². The summed E-state index contributed by atoms with van der Waals surface area (Å²) in [5.74, 6) is -16.0. The molecule has 7 amide bonds. The molecule has 101 heavy (non-hydrogen) atoms. The van der Waals surface area contributed by atoms with Crippen LogP contribution in [0, 0.1) is 5.92 Å². The van der Waals surface area contributed by atoms with Crippen molar-refractivity contribution < 1.29 is 118 Å². The van der Waals surface area contributed by atoms with Crippen molar-refractivity contribution in [3.05, 3.63) is 117 Å². The highest BCUT2D eigenvalue weighted by Crippen LogP contribution is 2.50. The number of ether oxygens (including phenoxy) is 6. The number of aliphatic hydroxyl groups is 6. The minimum atomic E-state index is -2.35. The number of carboxylic acids is 1. The topological polar surface area (TPSA) is 530 Å². The number of hydrogen-bond acceptors (Lipinski definition) is 25. The number of nitrogens with two attached hydrogens (primary N) is 2. The summed E-state index contributed by atoms with van der Waals surface area (Å²) in [5.41, 5.74) is 8.00. The molecule has 0 aromatic heterocycles. The number of benzene rings is 5. The molecule has 35 heteroatoms. The van der Waals surface area contributed by atoms with Crippen LogP contribution in [0.4, 0.5) is 0 Å². The third kappa shape index (κ3) is 15.8. The maximum absolute atomic E-state index is 16.0. The van der Waals surface area contributed by atoms with Gasteiger partial charge in [0.15, 0.2) is 29.9 Å². The number of nitrogens with one attached hydrogen (secondary N) is 7. The van der Waals surface area contributed by atoms with Crippen molar-refractivity contribution in [3.63, 3.8) is 0 Å². The second-order valence-electron chi connectivity index (χ2n) is 25.7. The van der Waals surface area contributed by atoms with E-state index in [4.69, 9.17) is 63.1 Å². The van der Waals surface area contributed by atoms with Crippen LogP contribution in [-0.2, 0) is 52.6 Å². The highest BCUT2D eigenvalue weighted by molar-refractivity contribution is 6.32. The van der Waals surface area contributed by atoms with Gasteiger partial charge in [0.2, 0.25) is 53.4 Å². The number of phenols is 3. The molecule has 2 fully saturated rings. The number of aliphatic carboxylic acids is 1. The van der Waals surface area contributed by atoms with Crippen LogP contribution in [0.5, 0.6) is 46.0 Å². The van der Waals surface area contributed by atoms with Crippen LogP contribution in [0.1, 0.15) is 105 Å². The molecular formula is C66H75Cl2N9O24. The number of aromatic hydroxyl groups is 3. The normalized spacial score (nSPS) is 29.4. The predicted octanol–water partition coefficient (Wildman–Crippen LogP) is 0.106. The summed E-state index contributed by atoms with van der Waals surface area (Å²) in [6, 6.07) is -0.679. The maximum Gasteiger partial charge on any atom is 0.330 e. The smallest absolute Gasteiger partial charge is 0.330 e. The second-order valence-corrected chi connectivity index (χ2v) is 26.5. The van der Waals surface area contributed by atoms with Gasteiger partial charge in [-0.1, -0.05) is 55.2 Å². The molecule has 7 aliphatic rings. The number of halogens is 2. The van der Waals surface area contributed by atoms with E-state index in [-0.39, 0.29) is 46.2 Å². The average Bonchev–Trinajstić information content (AvgIpc) is 0.775. The van der Waals surface area contributed by atoms with E-state index < -0.39 is 237 Å². The number of phenolic OH excluding ortho intramolecular Hbond substituents is 3. The Morgan fingerprint density at radius 2 is 1.32 bits per heavy atom. The van der Waals surface area contributed by atoms with E-state index in [2.05, 4.69) is 37.2 Å². The van der Waals surface area contributed by atoms with Crippen LogP contribution in [0.15, 0.2) is 78.9 Å². The third-order valence-electron chi connectivity index (χ3n) is 17.8. The summed E-state index contributed by atoms with van der Waals surface area (Å²) in [6.07, 6.45) is -18.6. The fourth-order valence-corrected chi connectivity index (χ4v) is 12.9. The number of aliphatic hydroxyl groups excluding tert-OH is 6. The van der Waals surface area contributed by atoms with Gasteiger partial charge in [-0.15, -0.1) is 0 Å². The Morgan fingerprint density at radius 3 is 1.90 bits per heavy atom. The number of carboxylic acid groups (broad SMARTS) is 1. The first-order chi connectivity index (χ1) is 47.7. The minimum Gasteiger partial charge on any atom is -0.508 e. The highest BCUT2D eigenvalue weighted by Gasteiger charge is 2.51. The molecule has 7 aliphatic heterocycles. The summed E-state index contributed by atoms with van der Waals surface area (Å²) in [7, 11) is 1.47. The SMILES string of the molecule is CN[C@H](CC(C)C)C(=O)N[C@H]1C(=O)N[C@@H](CC(N)=O)C(=O)N[C@H]2C(=O)N[C@H]3C(=O)N[C@H](C(=O)N[C@H](C(=O)O)c4cc(O)cc(O)c4-c4cc3ccc4O)[C@H](O)c3ccc(c(Cl)c3)Oc3cc2cc(c3OC2O[C@H](CO)[C@@H](O)[C@H](O)C2OC2C[C@](C)(N)[C@@H](O)[C@H](C)O2)Oc2ccc(cc2Cl)[C@H]1O. The molecule has 7 heterocycles. The highest BCUT2D eigenvalue weighted by atomic mass is 35.5. The van der Waals surface area contributed by atoms with Crippen LogP contribution < -0.4 is 62.9 Å². The molecule has 12 rings (SSSR count). The molecule has 11 bridgehead atoms. The molecule has 5 aromatic carbocycles. The van der Waals surface area contributed by atoms with Gasteiger partial charge in [-0.25, -0.2) is 4.79 Å². The van der Waals surface area contributed by atoms with Crippen LogP contribution in [-0.4, -0.2) is 191 Å². The Balaban J connectivity index is 1.24. The first-order valence-electron chi connectivity index (χ1n) is 31.6. The zero-order valence-corrected chi connectivity index (χ0v) is 55.8. The molecular weight excluding hydrogens is 1370 g/mol. The zero-order valence-electron chi connectivity index (χ0n) is 54.3. The van der Waals surface area contributed by atoms with Gasteiger partial charge in [0, 0.05) is 34.7 Å². The number of carbonyl (C=O) groups is 8. The molecule has 21 N–H and O–H groups in total. The van der Waals surface area contributed by atoms with Crippen molar-refractivity contribution in [2.45, 2.75) is 156 Å². The van der Waals surface area contributed by atoms with E-state index in [1.54, 1.807) is 0 Å². The molecule has 542 valence electrons. The lowest BCUT2D eigenvalue weighted by Crippen LogP contribution is -2.64. The van der Waals surface area contributed by atoms with Crippen molar-refractivity contribution in [1.82, 2.24) is 37.2 Å². The predicted molar refractivity (Wildman–Crippen MR) is 349 cm³/mol. The van der Waals surface area contributed by atoms with Gasteiger partial charge >= 0.3 is 5.97 Å². The van der Waals surface area contributed by atoms with Crippen molar-refractivity contribution in [2.75, 3.05) is 13.7 Å². The number of primary amides is 1. The number of fused-ring (bicyclic) bond motifs is 15. The molecule has 33 nitrogen and oxygen atoms in total. The lowest BCUT2D eigenvalue weighted by molar-refractivity contribution is -0.333. The third-order valence-corrected chi connectivity index (χ3v) is 18.4. The molecule has 3 unspecified atom stereocenters. The average molecular weight is 1450 g/mol. The first-order valence-corrected chi connectivity index (χ1v) is 32.4.